The predicted octanol–water partition coefficient (Wildman–Crippen LogP) is 5.82. The average Bonchev–Trinajstić information content (AvgIpc) is 3.46. The summed E-state index contributed by atoms with van der Waals surface area (Å²) in [6, 6.07) is 10.7. The van der Waals surface area contributed by atoms with Gasteiger partial charge in [-0.15, -0.1) is 11.3 Å². The Morgan fingerprint density at radius 1 is 1.06 bits per heavy atom. The molecule has 0 bridgehead atoms. The molecule has 3 atom stereocenters. The maximum absolute atomic E-state index is 9.63. The lowest BCUT2D eigenvalue weighted by atomic mass is 10.0. The van der Waals surface area contributed by atoms with E-state index in [0.29, 0.717) is 11.9 Å². The molecule has 0 amide bonds. The van der Waals surface area contributed by atoms with Gasteiger partial charge in [0.05, 0.1) is 27.7 Å². The van der Waals surface area contributed by atoms with E-state index in [1.165, 1.54) is 11.1 Å². The minimum atomic E-state index is 0.0655. The van der Waals surface area contributed by atoms with Crippen LogP contribution in [0.3, 0.4) is 0 Å². The van der Waals surface area contributed by atoms with E-state index >= 15 is 0 Å². The molecule has 182 valence electrons. The number of nitrogens with one attached hydrogen (secondary N) is 2. The number of fused-ring (bicyclic) bond motifs is 1. The van der Waals surface area contributed by atoms with Gasteiger partial charge < -0.3 is 15.7 Å². The van der Waals surface area contributed by atoms with Crippen LogP contribution in [0.5, 0.6) is 0 Å². The van der Waals surface area contributed by atoms with Crippen LogP contribution in [0.2, 0.25) is 0 Å². The molecule has 0 radical (unpaired) electrons. The Labute approximate surface area is 210 Å². The second kappa shape index (κ2) is 9.87. The molecular formula is C27H32N6OS. The summed E-state index contributed by atoms with van der Waals surface area (Å²) < 4.78 is 1.11. The second-order valence-corrected chi connectivity index (χ2v) is 10.6. The third-order valence-electron chi connectivity index (χ3n) is 6.93. The van der Waals surface area contributed by atoms with Gasteiger partial charge in [-0.2, -0.15) is 4.98 Å². The molecule has 3 N–H and O–H groups in total. The zero-order chi connectivity index (χ0) is 24.5. The largest absolute Gasteiger partial charge is 0.396 e. The summed E-state index contributed by atoms with van der Waals surface area (Å²) in [5.41, 5.74) is 6.12. The van der Waals surface area contributed by atoms with Crippen molar-refractivity contribution < 1.29 is 5.11 Å². The van der Waals surface area contributed by atoms with Crippen molar-refractivity contribution in [2.24, 2.45) is 5.92 Å². The first-order valence-corrected chi connectivity index (χ1v) is 13.0. The Morgan fingerprint density at radius 3 is 2.63 bits per heavy atom. The van der Waals surface area contributed by atoms with Gasteiger partial charge in [-0.3, -0.25) is 4.98 Å². The maximum atomic E-state index is 9.63. The molecule has 3 heterocycles. The number of hydrogen-bond donors (Lipinski definition) is 3. The molecule has 3 unspecified atom stereocenters. The number of thiazole rings is 1. The molecule has 4 aromatic rings. The molecule has 1 aromatic carbocycles. The van der Waals surface area contributed by atoms with E-state index in [2.05, 4.69) is 53.7 Å². The number of aliphatic hydroxyl groups is 1. The van der Waals surface area contributed by atoms with Crippen LogP contribution >= 0.6 is 11.3 Å². The van der Waals surface area contributed by atoms with Crippen molar-refractivity contribution in [1.82, 2.24) is 19.9 Å². The Morgan fingerprint density at radius 2 is 1.89 bits per heavy atom. The lowest BCUT2D eigenvalue weighted by Crippen LogP contribution is -2.20. The van der Waals surface area contributed by atoms with Crippen LogP contribution in [-0.2, 0) is 0 Å². The Hall–Kier alpha value is -3.10. The van der Waals surface area contributed by atoms with Gasteiger partial charge in [-0.05, 0) is 70.1 Å². The Kier molecular flexibility index (Phi) is 6.67. The topological polar surface area (TPSA) is 95.9 Å². The minimum absolute atomic E-state index is 0.0655. The zero-order valence-electron chi connectivity index (χ0n) is 20.7. The van der Waals surface area contributed by atoms with Gasteiger partial charge >= 0.3 is 0 Å². The molecule has 1 saturated carbocycles. The molecule has 3 aromatic heterocycles. The van der Waals surface area contributed by atoms with E-state index in [9.17, 15) is 5.11 Å². The third kappa shape index (κ3) is 4.86. The summed E-state index contributed by atoms with van der Waals surface area (Å²) in [6.45, 7) is 8.50. The highest BCUT2D eigenvalue weighted by molar-refractivity contribution is 7.21. The van der Waals surface area contributed by atoms with Crippen LogP contribution in [0, 0.1) is 26.7 Å². The lowest BCUT2D eigenvalue weighted by molar-refractivity contribution is 0.229. The van der Waals surface area contributed by atoms with Gasteiger partial charge in [0.2, 0.25) is 5.95 Å². The molecular weight excluding hydrogens is 456 g/mol. The van der Waals surface area contributed by atoms with E-state index in [1.54, 1.807) is 11.3 Å². The van der Waals surface area contributed by atoms with Crippen molar-refractivity contribution in [3.8, 4) is 10.6 Å². The van der Waals surface area contributed by atoms with E-state index in [4.69, 9.17) is 15.0 Å². The van der Waals surface area contributed by atoms with Crippen molar-refractivity contribution >= 4 is 33.3 Å². The number of aryl methyl sites for hydroxylation is 3. The quantitative estimate of drug-likeness (QED) is 0.302. The highest BCUT2D eigenvalue weighted by Gasteiger charge is 2.27. The molecule has 7 nitrogen and oxygen atoms in total. The van der Waals surface area contributed by atoms with Gasteiger partial charge in [-0.1, -0.05) is 24.3 Å². The number of aromatic nitrogens is 4. The van der Waals surface area contributed by atoms with Crippen LogP contribution in [0.1, 0.15) is 54.7 Å². The van der Waals surface area contributed by atoms with E-state index in [-0.39, 0.29) is 18.7 Å². The molecule has 0 spiro atoms. The van der Waals surface area contributed by atoms with Crippen LogP contribution < -0.4 is 10.6 Å². The Bertz CT molecular complexity index is 1350. The van der Waals surface area contributed by atoms with Crippen molar-refractivity contribution in [3.63, 3.8) is 0 Å². The van der Waals surface area contributed by atoms with E-state index < -0.39 is 0 Å². The number of aliphatic hydroxyl groups excluding tert-OH is 1. The second-order valence-electron chi connectivity index (χ2n) is 9.54. The van der Waals surface area contributed by atoms with Gasteiger partial charge in [0.15, 0.2) is 0 Å². The number of anilines is 2. The maximum Gasteiger partial charge on any atom is 0.225 e. The highest BCUT2D eigenvalue weighted by atomic mass is 32.1. The predicted molar refractivity (Wildman–Crippen MR) is 143 cm³/mol. The van der Waals surface area contributed by atoms with Crippen LogP contribution in [0.25, 0.3) is 20.8 Å². The first kappa shape index (κ1) is 23.6. The van der Waals surface area contributed by atoms with Crippen molar-refractivity contribution in [1.29, 1.82) is 0 Å². The van der Waals surface area contributed by atoms with Gasteiger partial charge in [-0.25, -0.2) is 9.97 Å². The van der Waals surface area contributed by atoms with Crippen LogP contribution in [0.15, 0.2) is 36.5 Å². The smallest absolute Gasteiger partial charge is 0.225 e. The number of benzene rings is 1. The molecule has 35 heavy (non-hydrogen) atoms. The fourth-order valence-corrected chi connectivity index (χ4v) is 6.11. The molecule has 0 saturated heterocycles. The zero-order valence-corrected chi connectivity index (χ0v) is 21.5. The lowest BCUT2D eigenvalue weighted by Gasteiger charge is -2.21. The minimum Gasteiger partial charge on any atom is -0.396 e. The molecule has 1 aliphatic carbocycles. The summed E-state index contributed by atoms with van der Waals surface area (Å²) in [5, 5.41) is 17.7. The first-order chi connectivity index (χ1) is 16.9. The standard InChI is InChI=1S/C27H32N6OS/c1-15-7-5-6-8-21(15)16(2)29-27-30-17(3)23(25(33-27)31-20-10-9-19(13-20)14-34)26-32-24-18(4)28-12-11-22(24)35-26/h5-8,11-12,16,19-20,34H,9-10,13-14H2,1-4H3,(H2,29,30,31,33). The molecule has 0 aliphatic heterocycles. The summed E-state index contributed by atoms with van der Waals surface area (Å²) in [4.78, 5) is 19.2. The van der Waals surface area contributed by atoms with E-state index in [0.717, 1.165) is 57.3 Å². The summed E-state index contributed by atoms with van der Waals surface area (Å²) in [6.07, 6.45) is 4.80. The van der Waals surface area contributed by atoms with Gasteiger partial charge in [0.1, 0.15) is 16.3 Å². The number of nitrogens with zero attached hydrogens (tertiary/aromatic N) is 4. The number of pyridine rings is 1. The van der Waals surface area contributed by atoms with Crippen LogP contribution in [-0.4, -0.2) is 37.7 Å². The Balaban J connectivity index is 1.53. The third-order valence-corrected chi connectivity index (χ3v) is 7.97. The average molecular weight is 489 g/mol. The summed E-state index contributed by atoms with van der Waals surface area (Å²) in [7, 11) is 0. The molecule has 1 aliphatic rings. The van der Waals surface area contributed by atoms with Crippen LogP contribution in [0.4, 0.5) is 11.8 Å². The van der Waals surface area contributed by atoms with Crippen molar-refractivity contribution in [3.05, 3.63) is 59.0 Å². The number of rotatable bonds is 7. The monoisotopic (exact) mass is 488 g/mol. The fraction of sp³-hybridized carbons (Fsp3) is 0.407. The normalized spacial score (nSPS) is 18.7. The summed E-state index contributed by atoms with van der Waals surface area (Å²) >= 11 is 1.64. The van der Waals surface area contributed by atoms with Gasteiger partial charge in [0, 0.05) is 18.8 Å². The highest BCUT2D eigenvalue weighted by Crippen LogP contribution is 2.38. The molecule has 8 heteroatoms. The molecule has 5 rings (SSSR count). The summed E-state index contributed by atoms with van der Waals surface area (Å²) in [5.74, 6) is 1.74. The van der Waals surface area contributed by atoms with Crippen molar-refractivity contribution in [2.75, 3.05) is 17.2 Å². The van der Waals surface area contributed by atoms with Gasteiger partial charge in [0.25, 0.3) is 0 Å². The van der Waals surface area contributed by atoms with Crippen molar-refractivity contribution in [2.45, 2.75) is 59.0 Å². The SMILES string of the molecule is Cc1ccccc1C(C)Nc1nc(C)c(-c2nc3c(C)nccc3s2)c(NC2CCC(CO)C2)n1. The van der Waals surface area contributed by atoms with E-state index in [1.807, 2.05) is 26.1 Å². The fourth-order valence-electron chi connectivity index (χ4n) is 5.00. The first-order valence-electron chi connectivity index (χ1n) is 12.2. The molecule has 1 fully saturated rings. The number of hydrogen-bond acceptors (Lipinski definition) is 8.